The predicted molar refractivity (Wildman–Crippen MR) is 134 cm³/mol. The maximum atomic E-state index is 13.4. The monoisotopic (exact) mass is 628 g/mol. The van der Waals surface area contributed by atoms with Gasteiger partial charge in [0.05, 0.1) is 22.2 Å². The molecule has 4 rings (SSSR count). The molecule has 43 heavy (non-hydrogen) atoms. The van der Waals surface area contributed by atoms with E-state index in [9.17, 15) is 52.7 Å². The van der Waals surface area contributed by atoms with Gasteiger partial charge in [-0.3, -0.25) is 0 Å². The number of unbranched alkanes of at least 4 members (excludes halogenated alkanes) is 2. The van der Waals surface area contributed by atoms with E-state index in [2.05, 4.69) is 20.6 Å². The third kappa shape index (κ3) is 7.33. The van der Waals surface area contributed by atoms with Gasteiger partial charge < -0.3 is 10.6 Å². The van der Waals surface area contributed by atoms with Crippen LogP contribution in [0.15, 0.2) is 48.5 Å². The van der Waals surface area contributed by atoms with Crippen molar-refractivity contribution in [3.8, 4) is 0 Å². The highest BCUT2D eigenvalue weighted by Crippen LogP contribution is 2.40. The van der Waals surface area contributed by atoms with Crippen LogP contribution >= 0.6 is 0 Å². The van der Waals surface area contributed by atoms with Gasteiger partial charge in [-0.15, -0.1) is 0 Å². The molecule has 0 saturated carbocycles. The molecule has 2 aromatic heterocycles. The second-order valence-electron chi connectivity index (χ2n) is 9.42. The van der Waals surface area contributed by atoms with Crippen molar-refractivity contribution in [2.75, 3.05) is 23.7 Å². The lowest BCUT2D eigenvalue weighted by molar-refractivity contribution is -0.142. The number of hydrogen-bond donors (Lipinski definition) is 2. The highest BCUT2D eigenvalue weighted by molar-refractivity contribution is 5.94. The van der Waals surface area contributed by atoms with Crippen LogP contribution in [0.5, 0.6) is 0 Å². The summed E-state index contributed by atoms with van der Waals surface area (Å²) in [6.45, 7) is 0.0516. The largest absolute Gasteiger partial charge is 0.433 e. The summed E-state index contributed by atoms with van der Waals surface area (Å²) in [7, 11) is 0. The van der Waals surface area contributed by atoms with Crippen LogP contribution in [0.2, 0.25) is 0 Å². The van der Waals surface area contributed by atoms with Gasteiger partial charge in [0, 0.05) is 35.2 Å². The summed E-state index contributed by atoms with van der Waals surface area (Å²) in [6.07, 6.45) is -19.0. The third-order valence-corrected chi connectivity index (χ3v) is 6.36. The predicted octanol–water partition coefficient (Wildman–Crippen LogP) is 9.55. The standard InChI is InChI=1S/C27H20F12N4/c28-24(29,30)16-8-4-6-14-18(12-20(26(34,35)36)42-22(14)16)40-10-2-1-3-11-41-19-13-21(27(37,38)39)43-23-15(19)7-5-9-17(23)25(31,32)33/h4-9,12-13H,1-3,10-11H2,(H,40,42)(H,41,43). The van der Waals surface area contributed by atoms with Gasteiger partial charge in [0.15, 0.2) is 0 Å². The second-order valence-corrected chi connectivity index (χ2v) is 9.42. The summed E-state index contributed by atoms with van der Waals surface area (Å²) >= 11 is 0. The zero-order valence-electron chi connectivity index (χ0n) is 21.6. The first kappa shape index (κ1) is 31.9. The first-order valence-corrected chi connectivity index (χ1v) is 12.5. The third-order valence-electron chi connectivity index (χ3n) is 6.36. The number of pyridine rings is 2. The van der Waals surface area contributed by atoms with E-state index in [0.29, 0.717) is 30.7 Å². The molecular formula is C27H20F12N4. The van der Waals surface area contributed by atoms with E-state index >= 15 is 0 Å². The van der Waals surface area contributed by atoms with E-state index in [1.807, 2.05) is 0 Å². The highest BCUT2D eigenvalue weighted by atomic mass is 19.4. The molecule has 2 aromatic carbocycles. The van der Waals surface area contributed by atoms with Gasteiger partial charge in [0.1, 0.15) is 11.4 Å². The number of alkyl halides is 12. The quantitative estimate of drug-likeness (QED) is 0.151. The second kappa shape index (κ2) is 11.6. The average Bonchev–Trinajstić information content (AvgIpc) is 2.89. The molecule has 0 amide bonds. The van der Waals surface area contributed by atoms with Crippen LogP contribution in [0.25, 0.3) is 21.8 Å². The Morgan fingerprint density at radius 1 is 0.488 bits per heavy atom. The topological polar surface area (TPSA) is 49.8 Å². The molecule has 0 aliphatic rings. The fraction of sp³-hybridized carbons (Fsp3) is 0.333. The van der Waals surface area contributed by atoms with Gasteiger partial charge in [-0.1, -0.05) is 24.3 Å². The Morgan fingerprint density at radius 2 is 0.860 bits per heavy atom. The fourth-order valence-electron chi connectivity index (χ4n) is 4.41. The number of nitrogens with zero attached hydrogens (tertiary/aromatic N) is 2. The molecule has 0 saturated heterocycles. The van der Waals surface area contributed by atoms with Crippen molar-refractivity contribution in [3.63, 3.8) is 0 Å². The Morgan fingerprint density at radius 3 is 1.19 bits per heavy atom. The number of fused-ring (bicyclic) bond motifs is 2. The molecule has 0 fully saturated rings. The molecule has 4 nitrogen and oxygen atoms in total. The lowest BCUT2D eigenvalue weighted by atomic mass is 10.1. The van der Waals surface area contributed by atoms with Gasteiger partial charge in [-0.2, -0.15) is 52.7 Å². The molecule has 2 heterocycles. The number of para-hydroxylation sites is 2. The zero-order chi connectivity index (χ0) is 31.8. The van der Waals surface area contributed by atoms with Crippen molar-refractivity contribution in [2.24, 2.45) is 0 Å². The van der Waals surface area contributed by atoms with E-state index in [-0.39, 0.29) is 48.1 Å². The first-order chi connectivity index (χ1) is 19.9. The van der Waals surface area contributed by atoms with Crippen molar-refractivity contribution in [2.45, 2.75) is 44.0 Å². The number of halogens is 12. The van der Waals surface area contributed by atoms with Crippen molar-refractivity contribution in [3.05, 3.63) is 71.0 Å². The zero-order valence-corrected chi connectivity index (χ0v) is 21.6. The highest BCUT2D eigenvalue weighted by Gasteiger charge is 2.38. The van der Waals surface area contributed by atoms with Gasteiger partial charge in [0.25, 0.3) is 0 Å². The minimum Gasteiger partial charge on any atom is -0.384 e. The number of nitrogens with one attached hydrogen (secondary N) is 2. The van der Waals surface area contributed by atoms with Crippen molar-refractivity contribution < 1.29 is 52.7 Å². The summed E-state index contributed by atoms with van der Waals surface area (Å²) in [4.78, 5) is 6.40. The maximum Gasteiger partial charge on any atom is 0.433 e. The van der Waals surface area contributed by atoms with Crippen LogP contribution in [-0.2, 0) is 24.7 Å². The Kier molecular flexibility index (Phi) is 8.62. The fourth-order valence-corrected chi connectivity index (χ4v) is 4.41. The summed E-state index contributed by atoms with van der Waals surface area (Å²) in [6, 6.07) is 6.94. The first-order valence-electron chi connectivity index (χ1n) is 12.5. The van der Waals surface area contributed by atoms with E-state index in [1.54, 1.807) is 0 Å². The van der Waals surface area contributed by atoms with Gasteiger partial charge >= 0.3 is 24.7 Å². The Bertz CT molecular complexity index is 1490. The van der Waals surface area contributed by atoms with E-state index in [4.69, 9.17) is 0 Å². The normalized spacial score (nSPS) is 13.1. The molecule has 0 atom stereocenters. The van der Waals surface area contributed by atoms with Crippen LogP contribution in [0, 0.1) is 0 Å². The molecule has 4 aromatic rings. The molecule has 16 heteroatoms. The van der Waals surface area contributed by atoms with Crippen LogP contribution in [0.4, 0.5) is 64.1 Å². The van der Waals surface area contributed by atoms with Crippen LogP contribution < -0.4 is 10.6 Å². The van der Waals surface area contributed by atoms with E-state index < -0.39 is 58.3 Å². The Balaban J connectivity index is 1.44. The van der Waals surface area contributed by atoms with Crippen molar-refractivity contribution >= 4 is 33.2 Å². The van der Waals surface area contributed by atoms with Crippen LogP contribution in [-0.4, -0.2) is 23.1 Å². The van der Waals surface area contributed by atoms with E-state index in [0.717, 1.165) is 12.1 Å². The number of anilines is 2. The summed E-state index contributed by atoms with van der Waals surface area (Å²) in [5, 5.41) is 5.03. The van der Waals surface area contributed by atoms with E-state index in [1.165, 1.54) is 12.1 Å². The molecule has 0 bridgehead atoms. The Labute approximate surface area is 235 Å². The molecule has 0 spiro atoms. The van der Waals surface area contributed by atoms with Crippen molar-refractivity contribution in [1.82, 2.24) is 9.97 Å². The van der Waals surface area contributed by atoms with Crippen LogP contribution in [0.1, 0.15) is 41.8 Å². The molecule has 2 N–H and O–H groups in total. The molecule has 0 aliphatic heterocycles. The molecule has 0 unspecified atom stereocenters. The summed E-state index contributed by atoms with van der Waals surface area (Å²) in [5.41, 5.74) is -7.86. The Hall–Kier alpha value is -3.98. The number of hydrogen-bond acceptors (Lipinski definition) is 4. The van der Waals surface area contributed by atoms with Crippen LogP contribution in [0.3, 0.4) is 0 Å². The van der Waals surface area contributed by atoms with Gasteiger partial charge in [0.2, 0.25) is 0 Å². The molecule has 0 radical (unpaired) electrons. The summed E-state index contributed by atoms with van der Waals surface area (Å²) in [5.74, 6) is 0. The number of aromatic nitrogens is 2. The van der Waals surface area contributed by atoms with Gasteiger partial charge in [-0.05, 0) is 43.5 Å². The maximum absolute atomic E-state index is 13.4. The molecule has 232 valence electrons. The lowest BCUT2D eigenvalue weighted by Crippen LogP contribution is -2.14. The van der Waals surface area contributed by atoms with Crippen molar-refractivity contribution in [1.29, 1.82) is 0 Å². The number of benzene rings is 2. The number of rotatable bonds is 8. The molecular weight excluding hydrogens is 608 g/mol. The van der Waals surface area contributed by atoms with Gasteiger partial charge in [-0.25, -0.2) is 9.97 Å². The average molecular weight is 628 g/mol. The molecule has 0 aliphatic carbocycles. The summed E-state index contributed by atoms with van der Waals surface area (Å²) < 4.78 is 161. The smallest absolute Gasteiger partial charge is 0.384 e. The SMILES string of the molecule is FC(F)(F)c1cc(NCCCCCNc2cc(C(F)(F)F)nc3c(C(F)(F)F)cccc23)c2cccc(C(F)(F)F)c2n1. The minimum absolute atomic E-state index is 0.0258. The minimum atomic E-state index is -5.01. The lowest BCUT2D eigenvalue weighted by Gasteiger charge is -2.17.